The van der Waals surface area contributed by atoms with E-state index in [-0.39, 0.29) is 5.91 Å². The summed E-state index contributed by atoms with van der Waals surface area (Å²) in [6.45, 7) is 2.01. The number of carbonyl (C=O) groups excluding carboxylic acids is 1. The van der Waals surface area contributed by atoms with Gasteiger partial charge in [0.25, 0.3) is 5.91 Å². The van der Waals surface area contributed by atoms with Crippen LogP contribution in [0.3, 0.4) is 0 Å². The highest BCUT2D eigenvalue weighted by Gasteiger charge is 2.08. The number of hydrogen-bond donors (Lipinski definition) is 2. The quantitative estimate of drug-likeness (QED) is 0.742. The molecule has 0 saturated heterocycles. The molecule has 126 valence electrons. The van der Waals surface area contributed by atoms with Gasteiger partial charge in [-0.15, -0.1) is 0 Å². The van der Waals surface area contributed by atoms with Crippen molar-refractivity contribution in [3.63, 3.8) is 0 Å². The van der Waals surface area contributed by atoms with E-state index < -0.39 is 0 Å². The number of aryl methyl sites for hydroxylation is 1. The minimum absolute atomic E-state index is 0.271. The number of methoxy groups -OCH3 is 1. The summed E-state index contributed by atoms with van der Waals surface area (Å²) in [5, 5.41) is 5.90. The molecule has 0 atom stereocenters. The molecule has 1 heterocycles. The fourth-order valence-electron chi connectivity index (χ4n) is 2.24. The molecule has 2 aromatic carbocycles. The molecule has 0 radical (unpaired) electrons. The SMILES string of the molecule is COc1ccc(NC(=O)c2cnc(Nc3cccc(C)c3)nc2)cc1. The molecule has 0 saturated carbocycles. The Morgan fingerprint density at radius 1 is 1.00 bits per heavy atom. The van der Waals surface area contributed by atoms with E-state index in [0.717, 1.165) is 17.0 Å². The molecule has 0 aliphatic heterocycles. The molecular weight excluding hydrogens is 316 g/mol. The highest BCUT2D eigenvalue weighted by Crippen LogP contribution is 2.17. The monoisotopic (exact) mass is 334 g/mol. The Balaban J connectivity index is 1.65. The number of benzene rings is 2. The maximum absolute atomic E-state index is 12.2. The van der Waals surface area contributed by atoms with Crippen molar-refractivity contribution < 1.29 is 9.53 Å². The number of nitrogens with zero attached hydrogens (tertiary/aromatic N) is 2. The zero-order valence-corrected chi connectivity index (χ0v) is 14.0. The second kappa shape index (κ2) is 7.44. The Morgan fingerprint density at radius 2 is 1.72 bits per heavy atom. The number of anilines is 3. The van der Waals surface area contributed by atoms with Gasteiger partial charge in [0.1, 0.15) is 5.75 Å². The van der Waals surface area contributed by atoms with Gasteiger partial charge < -0.3 is 15.4 Å². The summed E-state index contributed by atoms with van der Waals surface area (Å²) in [6, 6.07) is 15.0. The molecule has 6 nitrogen and oxygen atoms in total. The summed E-state index contributed by atoms with van der Waals surface area (Å²) in [7, 11) is 1.59. The number of nitrogens with one attached hydrogen (secondary N) is 2. The van der Waals surface area contributed by atoms with Gasteiger partial charge in [0, 0.05) is 23.8 Å². The Morgan fingerprint density at radius 3 is 2.36 bits per heavy atom. The van der Waals surface area contributed by atoms with E-state index >= 15 is 0 Å². The van der Waals surface area contributed by atoms with Crippen LogP contribution >= 0.6 is 0 Å². The molecular formula is C19H18N4O2. The highest BCUT2D eigenvalue weighted by molar-refractivity contribution is 6.03. The smallest absolute Gasteiger partial charge is 0.258 e. The largest absolute Gasteiger partial charge is 0.497 e. The van der Waals surface area contributed by atoms with E-state index in [1.165, 1.54) is 12.4 Å². The van der Waals surface area contributed by atoms with Gasteiger partial charge in [-0.05, 0) is 48.9 Å². The number of ether oxygens (including phenoxy) is 1. The summed E-state index contributed by atoms with van der Waals surface area (Å²) in [4.78, 5) is 20.6. The number of hydrogen-bond acceptors (Lipinski definition) is 5. The van der Waals surface area contributed by atoms with E-state index in [1.807, 2.05) is 31.2 Å². The number of carbonyl (C=O) groups is 1. The summed E-state index contributed by atoms with van der Waals surface area (Å²) in [5.74, 6) is 0.895. The Bertz CT molecular complexity index is 861. The van der Waals surface area contributed by atoms with Crippen LogP contribution in [0, 0.1) is 6.92 Å². The van der Waals surface area contributed by atoms with Crippen LogP contribution in [0.25, 0.3) is 0 Å². The Labute approximate surface area is 145 Å². The summed E-state index contributed by atoms with van der Waals surface area (Å²) < 4.78 is 5.09. The molecule has 2 N–H and O–H groups in total. The molecule has 6 heteroatoms. The fourth-order valence-corrected chi connectivity index (χ4v) is 2.24. The molecule has 0 fully saturated rings. The van der Waals surface area contributed by atoms with Gasteiger partial charge >= 0.3 is 0 Å². The van der Waals surface area contributed by atoms with Gasteiger partial charge in [0.2, 0.25) is 5.95 Å². The van der Waals surface area contributed by atoms with E-state index in [0.29, 0.717) is 17.2 Å². The number of aromatic nitrogens is 2. The van der Waals surface area contributed by atoms with Crippen LogP contribution in [-0.4, -0.2) is 23.0 Å². The summed E-state index contributed by atoms with van der Waals surface area (Å²) >= 11 is 0. The van der Waals surface area contributed by atoms with Crippen LogP contribution < -0.4 is 15.4 Å². The third-order valence-corrected chi connectivity index (χ3v) is 3.54. The highest BCUT2D eigenvalue weighted by atomic mass is 16.5. The second-order valence-corrected chi connectivity index (χ2v) is 5.47. The minimum Gasteiger partial charge on any atom is -0.497 e. The second-order valence-electron chi connectivity index (χ2n) is 5.47. The topological polar surface area (TPSA) is 76.1 Å². The third kappa shape index (κ3) is 4.32. The van der Waals surface area contributed by atoms with Crippen LogP contribution in [0.4, 0.5) is 17.3 Å². The van der Waals surface area contributed by atoms with Gasteiger partial charge in [0.05, 0.1) is 12.7 Å². The lowest BCUT2D eigenvalue weighted by molar-refractivity contribution is 0.102. The van der Waals surface area contributed by atoms with Crippen molar-refractivity contribution in [3.05, 3.63) is 72.1 Å². The molecule has 3 rings (SSSR count). The lowest BCUT2D eigenvalue weighted by Crippen LogP contribution is -2.13. The van der Waals surface area contributed by atoms with Crippen LogP contribution in [0.1, 0.15) is 15.9 Å². The van der Waals surface area contributed by atoms with E-state index in [4.69, 9.17) is 4.74 Å². The molecule has 0 spiro atoms. The van der Waals surface area contributed by atoms with Crippen LogP contribution in [0.15, 0.2) is 60.9 Å². The number of amides is 1. The van der Waals surface area contributed by atoms with Crippen molar-refractivity contribution in [2.45, 2.75) is 6.92 Å². The van der Waals surface area contributed by atoms with Crippen LogP contribution in [-0.2, 0) is 0 Å². The molecule has 0 aliphatic rings. The van der Waals surface area contributed by atoms with Gasteiger partial charge in [-0.2, -0.15) is 0 Å². The first-order chi connectivity index (χ1) is 12.1. The molecule has 0 bridgehead atoms. The van der Waals surface area contributed by atoms with Crippen molar-refractivity contribution in [1.82, 2.24) is 9.97 Å². The first-order valence-electron chi connectivity index (χ1n) is 7.75. The van der Waals surface area contributed by atoms with Gasteiger partial charge in [-0.3, -0.25) is 4.79 Å². The molecule has 3 aromatic rings. The molecule has 0 aliphatic carbocycles. The first kappa shape index (κ1) is 16.4. The maximum atomic E-state index is 12.2. The van der Waals surface area contributed by atoms with Crippen molar-refractivity contribution in [2.75, 3.05) is 17.7 Å². The predicted octanol–water partition coefficient (Wildman–Crippen LogP) is 3.79. The van der Waals surface area contributed by atoms with Crippen molar-refractivity contribution in [2.24, 2.45) is 0 Å². The maximum Gasteiger partial charge on any atom is 0.258 e. The average molecular weight is 334 g/mol. The standard InChI is InChI=1S/C19H18N4O2/c1-13-4-3-5-16(10-13)23-19-20-11-14(12-21-19)18(24)22-15-6-8-17(25-2)9-7-15/h3-12H,1-2H3,(H,22,24)(H,20,21,23). The van der Waals surface area contributed by atoms with Gasteiger partial charge in [-0.1, -0.05) is 12.1 Å². The molecule has 25 heavy (non-hydrogen) atoms. The minimum atomic E-state index is -0.271. The third-order valence-electron chi connectivity index (χ3n) is 3.54. The summed E-state index contributed by atoms with van der Waals surface area (Å²) in [5.41, 5.74) is 3.09. The van der Waals surface area contributed by atoms with E-state index in [9.17, 15) is 4.79 Å². The van der Waals surface area contributed by atoms with Crippen LogP contribution in [0.5, 0.6) is 5.75 Å². The fraction of sp³-hybridized carbons (Fsp3) is 0.105. The predicted molar refractivity (Wildman–Crippen MR) is 97.4 cm³/mol. The van der Waals surface area contributed by atoms with Crippen molar-refractivity contribution in [1.29, 1.82) is 0 Å². The van der Waals surface area contributed by atoms with E-state index in [2.05, 4.69) is 20.6 Å². The molecule has 1 aromatic heterocycles. The number of rotatable bonds is 5. The zero-order valence-electron chi connectivity index (χ0n) is 14.0. The van der Waals surface area contributed by atoms with E-state index in [1.54, 1.807) is 31.4 Å². The molecule has 1 amide bonds. The summed E-state index contributed by atoms with van der Waals surface area (Å²) in [6.07, 6.45) is 2.98. The lowest BCUT2D eigenvalue weighted by Gasteiger charge is -2.08. The Hall–Kier alpha value is -3.41. The lowest BCUT2D eigenvalue weighted by atomic mass is 10.2. The normalized spacial score (nSPS) is 10.2. The molecule has 0 unspecified atom stereocenters. The van der Waals surface area contributed by atoms with Crippen LogP contribution in [0.2, 0.25) is 0 Å². The average Bonchev–Trinajstić information content (AvgIpc) is 2.63. The zero-order chi connectivity index (χ0) is 17.6. The van der Waals surface area contributed by atoms with Gasteiger partial charge in [-0.25, -0.2) is 9.97 Å². The van der Waals surface area contributed by atoms with Gasteiger partial charge in [0.15, 0.2) is 0 Å². The van der Waals surface area contributed by atoms with Crippen molar-refractivity contribution in [3.8, 4) is 5.75 Å². The van der Waals surface area contributed by atoms with Crippen molar-refractivity contribution >= 4 is 23.2 Å². The Kier molecular flexibility index (Phi) is 4.89. The first-order valence-corrected chi connectivity index (χ1v) is 7.75.